The number of hydrogen-bond acceptors (Lipinski definition) is 3. The van der Waals surface area contributed by atoms with E-state index in [0.717, 1.165) is 5.56 Å². The maximum absolute atomic E-state index is 13.2. The third-order valence-corrected chi connectivity index (χ3v) is 5.69. The highest BCUT2D eigenvalue weighted by Crippen LogP contribution is 2.23. The van der Waals surface area contributed by atoms with Crippen LogP contribution in [-0.4, -0.2) is 18.7 Å². The van der Waals surface area contributed by atoms with Gasteiger partial charge in [0.15, 0.2) is 11.2 Å². The summed E-state index contributed by atoms with van der Waals surface area (Å²) >= 11 is 0. The first-order chi connectivity index (χ1) is 14.4. The Kier molecular flexibility index (Phi) is 5.16. The molecule has 0 saturated carbocycles. The summed E-state index contributed by atoms with van der Waals surface area (Å²) in [6, 6.07) is 17.7. The Bertz CT molecular complexity index is 1300. The van der Waals surface area contributed by atoms with Crippen molar-refractivity contribution in [3.05, 3.63) is 92.9 Å². The zero-order valence-electron chi connectivity index (χ0n) is 17.7. The topological polar surface area (TPSA) is 61.8 Å². The molecule has 0 bridgehead atoms. The van der Waals surface area contributed by atoms with E-state index in [1.807, 2.05) is 73.0 Å². The SMILES string of the molecule is CCn1c(=O)c2c(ncn2[C@@H](C)c2ccccc2)n(-c2ccc(C(C)C)cc2)c1=O. The predicted octanol–water partition coefficient (Wildman–Crippen LogP) is 4.10. The van der Waals surface area contributed by atoms with Gasteiger partial charge in [0.25, 0.3) is 5.56 Å². The van der Waals surface area contributed by atoms with E-state index in [1.54, 1.807) is 10.9 Å². The summed E-state index contributed by atoms with van der Waals surface area (Å²) < 4.78 is 4.67. The molecule has 0 fully saturated rings. The fourth-order valence-electron chi connectivity index (χ4n) is 3.85. The van der Waals surface area contributed by atoms with Gasteiger partial charge in [-0.2, -0.15) is 0 Å². The number of fused-ring (bicyclic) bond motifs is 1. The monoisotopic (exact) mass is 402 g/mol. The maximum Gasteiger partial charge on any atom is 0.337 e. The molecule has 2 aromatic heterocycles. The normalized spacial score (nSPS) is 12.6. The highest BCUT2D eigenvalue weighted by atomic mass is 16.2. The lowest BCUT2D eigenvalue weighted by atomic mass is 10.0. The van der Waals surface area contributed by atoms with Gasteiger partial charge >= 0.3 is 5.69 Å². The number of imidazole rings is 1. The first kappa shape index (κ1) is 19.9. The summed E-state index contributed by atoms with van der Waals surface area (Å²) in [5, 5.41) is 0. The fourth-order valence-corrected chi connectivity index (χ4v) is 3.85. The second-order valence-electron chi connectivity index (χ2n) is 7.82. The van der Waals surface area contributed by atoms with E-state index >= 15 is 0 Å². The van der Waals surface area contributed by atoms with Crippen LogP contribution in [0.25, 0.3) is 16.9 Å². The Morgan fingerprint density at radius 1 is 0.900 bits per heavy atom. The van der Waals surface area contributed by atoms with Crippen LogP contribution >= 0.6 is 0 Å². The molecule has 0 spiro atoms. The lowest BCUT2D eigenvalue weighted by molar-refractivity contribution is 0.631. The Balaban J connectivity index is 1.99. The average molecular weight is 402 g/mol. The van der Waals surface area contributed by atoms with Crippen molar-refractivity contribution >= 4 is 11.2 Å². The van der Waals surface area contributed by atoms with Gasteiger partial charge in [-0.15, -0.1) is 0 Å². The van der Waals surface area contributed by atoms with E-state index in [-0.39, 0.29) is 17.3 Å². The molecule has 1 atom stereocenters. The van der Waals surface area contributed by atoms with Crippen molar-refractivity contribution in [1.82, 2.24) is 18.7 Å². The average Bonchev–Trinajstić information content (AvgIpc) is 3.19. The molecule has 4 aromatic rings. The number of rotatable bonds is 5. The van der Waals surface area contributed by atoms with Crippen LogP contribution in [0.15, 0.2) is 70.5 Å². The lowest BCUT2D eigenvalue weighted by Gasteiger charge is -2.16. The number of hydrogen-bond donors (Lipinski definition) is 0. The molecule has 0 saturated heterocycles. The lowest BCUT2D eigenvalue weighted by Crippen LogP contribution is -2.39. The molecule has 0 aliphatic rings. The molecule has 30 heavy (non-hydrogen) atoms. The summed E-state index contributed by atoms with van der Waals surface area (Å²) in [6.07, 6.45) is 1.65. The van der Waals surface area contributed by atoms with Crippen LogP contribution in [0, 0.1) is 0 Å². The van der Waals surface area contributed by atoms with E-state index in [1.165, 1.54) is 10.1 Å². The van der Waals surface area contributed by atoms with Gasteiger partial charge in [0.2, 0.25) is 0 Å². The number of benzene rings is 2. The molecule has 6 nitrogen and oxygen atoms in total. The van der Waals surface area contributed by atoms with E-state index in [9.17, 15) is 9.59 Å². The van der Waals surface area contributed by atoms with Gasteiger partial charge in [0.05, 0.1) is 18.1 Å². The summed E-state index contributed by atoms with van der Waals surface area (Å²) in [7, 11) is 0. The van der Waals surface area contributed by atoms with Crippen LogP contribution < -0.4 is 11.2 Å². The molecule has 0 unspecified atom stereocenters. The minimum Gasteiger partial charge on any atom is -0.317 e. The van der Waals surface area contributed by atoms with Crippen molar-refractivity contribution in [1.29, 1.82) is 0 Å². The van der Waals surface area contributed by atoms with Gasteiger partial charge < -0.3 is 4.57 Å². The summed E-state index contributed by atoms with van der Waals surface area (Å²) in [5.41, 5.74) is 3.09. The molecule has 0 amide bonds. The first-order valence-corrected chi connectivity index (χ1v) is 10.3. The molecule has 154 valence electrons. The molecule has 2 aromatic carbocycles. The van der Waals surface area contributed by atoms with Gasteiger partial charge in [-0.25, -0.2) is 14.3 Å². The predicted molar refractivity (Wildman–Crippen MR) is 120 cm³/mol. The van der Waals surface area contributed by atoms with E-state index in [2.05, 4.69) is 18.8 Å². The van der Waals surface area contributed by atoms with Gasteiger partial charge in [0.1, 0.15) is 0 Å². The molecule has 0 aliphatic carbocycles. The van der Waals surface area contributed by atoms with Crippen LogP contribution in [0.4, 0.5) is 0 Å². The molecule has 2 heterocycles. The standard InChI is InChI=1S/C24H26N4O2/c1-5-26-23(29)21-22(25-15-27(21)17(4)19-9-7-6-8-10-19)28(24(26)30)20-13-11-18(12-14-20)16(2)3/h6-17H,5H2,1-4H3/t17-/m0/s1. The van der Waals surface area contributed by atoms with Crippen LogP contribution in [-0.2, 0) is 6.54 Å². The Morgan fingerprint density at radius 3 is 2.17 bits per heavy atom. The van der Waals surface area contributed by atoms with Crippen LogP contribution in [0.5, 0.6) is 0 Å². The van der Waals surface area contributed by atoms with Crippen molar-refractivity contribution in [2.75, 3.05) is 0 Å². The van der Waals surface area contributed by atoms with Crippen molar-refractivity contribution < 1.29 is 0 Å². The van der Waals surface area contributed by atoms with Crippen molar-refractivity contribution in [3.8, 4) is 5.69 Å². The third kappa shape index (κ3) is 3.18. The maximum atomic E-state index is 13.2. The molecule has 0 N–H and O–H groups in total. The van der Waals surface area contributed by atoms with E-state index in [4.69, 9.17) is 0 Å². The van der Waals surface area contributed by atoms with Crippen LogP contribution in [0.1, 0.15) is 50.8 Å². The first-order valence-electron chi connectivity index (χ1n) is 10.3. The smallest absolute Gasteiger partial charge is 0.317 e. The summed E-state index contributed by atoms with van der Waals surface area (Å²) in [4.78, 5) is 30.9. The molecular weight excluding hydrogens is 376 g/mol. The highest BCUT2D eigenvalue weighted by molar-refractivity contribution is 5.73. The Morgan fingerprint density at radius 2 is 1.57 bits per heavy atom. The van der Waals surface area contributed by atoms with Crippen molar-refractivity contribution in [2.24, 2.45) is 0 Å². The summed E-state index contributed by atoms with van der Waals surface area (Å²) in [6.45, 7) is 8.39. The number of nitrogens with zero attached hydrogens (tertiary/aromatic N) is 4. The quantitative estimate of drug-likeness (QED) is 0.505. The molecule has 0 aliphatic heterocycles. The Hall–Kier alpha value is -3.41. The van der Waals surface area contributed by atoms with E-state index in [0.29, 0.717) is 29.3 Å². The van der Waals surface area contributed by atoms with Gasteiger partial charge in [-0.1, -0.05) is 56.3 Å². The zero-order valence-corrected chi connectivity index (χ0v) is 17.7. The number of aromatic nitrogens is 4. The minimum absolute atomic E-state index is 0.0940. The molecule has 4 rings (SSSR count). The minimum atomic E-state index is -0.370. The largest absolute Gasteiger partial charge is 0.337 e. The van der Waals surface area contributed by atoms with Crippen molar-refractivity contribution in [2.45, 2.75) is 46.2 Å². The third-order valence-electron chi connectivity index (χ3n) is 5.69. The fraction of sp³-hybridized carbons (Fsp3) is 0.292. The van der Waals surface area contributed by atoms with Crippen LogP contribution in [0.3, 0.4) is 0 Å². The highest BCUT2D eigenvalue weighted by Gasteiger charge is 2.21. The molecular formula is C24H26N4O2. The zero-order chi connectivity index (χ0) is 21.4. The van der Waals surface area contributed by atoms with Gasteiger partial charge in [-0.3, -0.25) is 9.36 Å². The van der Waals surface area contributed by atoms with Crippen molar-refractivity contribution in [3.63, 3.8) is 0 Å². The summed E-state index contributed by atoms with van der Waals surface area (Å²) in [5.74, 6) is 0.395. The molecule has 6 heteroatoms. The van der Waals surface area contributed by atoms with Gasteiger partial charge in [-0.05, 0) is 43.0 Å². The second kappa shape index (κ2) is 7.78. The van der Waals surface area contributed by atoms with Crippen LogP contribution in [0.2, 0.25) is 0 Å². The van der Waals surface area contributed by atoms with E-state index < -0.39 is 0 Å². The second-order valence-corrected chi connectivity index (χ2v) is 7.82. The Labute approximate surface area is 175 Å². The van der Waals surface area contributed by atoms with Gasteiger partial charge in [0, 0.05) is 6.54 Å². The molecule has 0 radical (unpaired) electrons.